The fourth-order valence-electron chi connectivity index (χ4n) is 1.79. The number of hydrogen-bond acceptors (Lipinski definition) is 1. The van der Waals surface area contributed by atoms with E-state index in [2.05, 4.69) is 7.05 Å². The summed E-state index contributed by atoms with van der Waals surface area (Å²) in [6, 6.07) is 0. The summed E-state index contributed by atoms with van der Waals surface area (Å²) < 4.78 is 6.57. The van der Waals surface area contributed by atoms with Gasteiger partial charge in [0.05, 0.1) is 34.6 Å². The number of rotatable bonds is 5. The van der Waals surface area contributed by atoms with E-state index in [0.717, 1.165) is 13.2 Å². The van der Waals surface area contributed by atoms with Crippen molar-refractivity contribution in [3.05, 3.63) is 0 Å². The Morgan fingerprint density at radius 2 is 1.92 bits per heavy atom. The van der Waals surface area contributed by atoms with Crippen molar-refractivity contribution in [2.24, 2.45) is 0 Å². The third-order valence-electron chi connectivity index (χ3n) is 2.68. The molecule has 0 atom stereocenters. The zero-order valence-electron chi connectivity index (χ0n) is 8.09. The molecule has 0 aromatic carbocycles. The summed E-state index contributed by atoms with van der Waals surface area (Å²) in [4.78, 5) is 0. The van der Waals surface area contributed by atoms with Crippen LogP contribution in [0.1, 0.15) is 12.8 Å². The van der Waals surface area contributed by atoms with Crippen molar-refractivity contribution >= 4 is 7.85 Å². The van der Waals surface area contributed by atoms with Gasteiger partial charge in [0.25, 0.3) is 0 Å². The molecule has 3 heteroatoms. The molecule has 2 radical (unpaired) electrons. The minimum atomic E-state index is 0.643. The molecule has 2 nitrogen and oxygen atoms in total. The summed E-state index contributed by atoms with van der Waals surface area (Å²) in [6.07, 6.45) is 3.41. The fraction of sp³-hybridized carbons (Fsp3) is 1.00. The van der Waals surface area contributed by atoms with Crippen molar-refractivity contribution in [1.82, 2.24) is 0 Å². The molecule has 1 rings (SSSR count). The molecule has 0 aromatic rings. The number of likely N-dealkylation sites (N-methyl/N-ethyl adjacent to an activating group) is 1. The Balaban J connectivity index is 2.05. The van der Waals surface area contributed by atoms with E-state index in [4.69, 9.17) is 12.6 Å². The van der Waals surface area contributed by atoms with Crippen LogP contribution in [0.3, 0.4) is 0 Å². The summed E-state index contributed by atoms with van der Waals surface area (Å²) >= 11 is 0. The Morgan fingerprint density at radius 1 is 1.25 bits per heavy atom. The van der Waals surface area contributed by atoms with Crippen molar-refractivity contribution in [2.75, 3.05) is 39.9 Å². The lowest BCUT2D eigenvalue weighted by molar-refractivity contribution is -0.898. The summed E-state index contributed by atoms with van der Waals surface area (Å²) in [5.41, 5.74) is 0. The molecule has 0 saturated carbocycles. The maximum atomic E-state index is 5.37. The smallest absolute Gasteiger partial charge is 0.102 e. The second-order valence-electron chi connectivity index (χ2n) is 3.90. The Morgan fingerprint density at radius 3 is 2.50 bits per heavy atom. The van der Waals surface area contributed by atoms with Gasteiger partial charge in [-0.05, 0) is 0 Å². The average Bonchev–Trinajstić information content (AvgIpc) is 2.47. The highest BCUT2D eigenvalue weighted by atomic mass is 16.5. The molecule has 0 unspecified atom stereocenters. The lowest BCUT2D eigenvalue weighted by Crippen LogP contribution is -2.43. The van der Waals surface area contributed by atoms with Crippen LogP contribution < -0.4 is 0 Å². The second kappa shape index (κ2) is 4.88. The first-order chi connectivity index (χ1) is 5.77. The van der Waals surface area contributed by atoms with Crippen LogP contribution in [0.5, 0.6) is 0 Å². The number of likely N-dealkylation sites (tertiary alicyclic amines) is 1. The van der Waals surface area contributed by atoms with Gasteiger partial charge >= 0.3 is 0 Å². The van der Waals surface area contributed by atoms with Crippen LogP contribution in [0, 0.1) is 0 Å². The zero-order chi connectivity index (χ0) is 8.86. The van der Waals surface area contributed by atoms with Gasteiger partial charge in [-0.3, -0.25) is 0 Å². The quantitative estimate of drug-likeness (QED) is 0.335. The molecule has 12 heavy (non-hydrogen) atoms. The van der Waals surface area contributed by atoms with Crippen LogP contribution in [-0.2, 0) is 4.74 Å². The molecule has 1 aliphatic rings. The molecule has 1 aliphatic heterocycles. The third-order valence-corrected chi connectivity index (χ3v) is 2.68. The van der Waals surface area contributed by atoms with Crippen LogP contribution >= 0.6 is 0 Å². The first-order valence-corrected chi connectivity index (χ1v) is 4.88. The number of nitrogens with zero attached hydrogens (tertiary/aromatic N) is 1. The van der Waals surface area contributed by atoms with Crippen LogP contribution in [0.25, 0.3) is 0 Å². The molecule has 1 fully saturated rings. The molecule has 0 bridgehead atoms. The van der Waals surface area contributed by atoms with E-state index in [-0.39, 0.29) is 0 Å². The maximum Gasteiger partial charge on any atom is 0.102 e. The predicted octanol–water partition coefficient (Wildman–Crippen LogP) is 0.830. The van der Waals surface area contributed by atoms with E-state index in [9.17, 15) is 0 Å². The maximum absolute atomic E-state index is 5.37. The van der Waals surface area contributed by atoms with E-state index >= 15 is 0 Å². The SMILES string of the molecule is [B]CCOCC[N+]1(C)CCCC1. The molecule has 0 spiro atoms. The summed E-state index contributed by atoms with van der Waals surface area (Å²) in [7, 11) is 7.64. The van der Waals surface area contributed by atoms with E-state index in [0.29, 0.717) is 12.9 Å². The van der Waals surface area contributed by atoms with Crippen molar-refractivity contribution in [2.45, 2.75) is 19.2 Å². The molecule has 1 saturated heterocycles. The standard InChI is InChI=1S/C9H19BNO/c1-11(5-2-3-6-11)7-9-12-8-4-10/h2-9H2,1H3/q+1. The van der Waals surface area contributed by atoms with E-state index < -0.39 is 0 Å². The van der Waals surface area contributed by atoms with Gasteiger partial charge in [-0.2, -0.15) is 0 Å². The van der Waals surface area contributed by atoms with Crippen LogP contribution in [-0.4, -0.2) is 52.2 Å². The Bertz CT molecular complexity index is 124. The van der Waals surface area contributed by atoms with E-state index in [1.165, 1.54) is 30.4 Å². The molecule has 68 valence electrons. The monoisotopic (exact) mass is 168 g/mol. The molecule has 0 N–H and O–H groups in total. The molecule has 0 aromatic heterocycles. The van der Waals surface area contributed by atoms with Crippen LogP contribution in [0.4, 0.5) is 0 Å². The molecule has 1 heterocycles. The normalized spacial score (nSPS) is 21.4. The first-order valence-electron chi connectivity index (χ1n) is 4.88. The van der Waals surface area contributed by atoms with Gasteiger partial charge in [-0.1, -0.05) is 6.32 Å². The largest absolute Gasteiger partial charge is 0.376 e. The van der Waals surface area contributed by atoms with Gasteiger partial charge in [0.15, 0.2) is 0 Å². The van der Waals surface area contributed by atoms with Gasteiger partial charge in [0.1, 0.15) is 6.54 Å². The van der Waals surface area contributed by atoms with Crippen LogP contribution in [0.15, 0.2) is 0 Å². The summed E-state index contributed by atoms with van der Waals surface area (Å²) in [6.45, 7) is 5.38. The summed E-state index contributed by atoms with van der Waals surface area (Å²) in [5, 5.41) is 0. The lowest BCUT2D eigenvalue weighted by atomic mass is 10.1. The molecular weight excluding hydrogens is 149 g/mol. The highest BCUT2D eigenvalue weighted by Crippen LogP contribution is 2.15. The number of ether oxygens (including phenoxy) is 1. The van der Waals surface area contributed by atoms with Crippen LogP contribution in [0.2, 0.25) is 6.32 Å². The van der Waals surface area contributed by atoms with Crippen molar-refractivity contribution in [3.63, 3.8) is 0 Å². The van der Waals surface area contributed by atoms with Crippen molar-refractivity contribution < 1.29 is 9.22 Å². The number of quaternary nitrogens is 1. The van der Waals surface area contributed by atoms with E-state index in [1.807, 2.05) is 0 Å². The molecule has 0 aliphatic carbocycles. The molecular formula is C9H19BNO+. The average molecular weight is 168 g/mol. The number of hydrogen-bond donors (Lipinski definition) is 0. The van der Waals surface area contributed by atoms with Gasteiger partial charge in [0, 0.05) is 19.4 Å². The predicted molar refractivity (Wildman–Crippen MR) is 51.4 cm³/mol. The Kier molecular flexibility index (Phi) is 4.09. The van der Waals surface area contributed by atoms with Gasteiger partial charge < -0.3 is 9.22 Å². The Labute approximate surface area is 76.9 Å². The summed E-state index contributed by atoms with van der Waals surface area (Å²) in [5.74, 6) is 0. The minimum Gasteiger partial charge on any atom is -0.376 e. The minimum absolute atomic E-state index is 0.643. The van der Waals surface area contributed by atoms with Crippen molar-refractivity contribution in [3.8, 4) is 0 Å². The van der Waals surface area contributed by atoms with Gasteiger partial charge in [-0.25, -0.2) is 0 Å². The van der Waals surface area contributed by atoms with Gasteiger partial charge in [0.2, 0.25) is 0 Å². The fourth-order valence-corrected chi connectivity index (χ4v) is 1.79. The second-order valence-corrected chi connectivity index (χ2v) is 3.90. The van der Waals surface area contributed by atoms with E-state index in [1.54, 1.807) is 0 Å². The first kappa shape index (κ1) is 10.1. The lowest BCUT2D eigenvalue weighted by Gasteiger charge is -2.28. The highest BCUT2D eigenvalue weighted by Gasteiger charge is 2.25. The molecule has 0 amide bonds. The third kappa shape index (κ3) is 3.15. The van der Waals surface area contributed by atoms with Gasteiger partial charge in [-0.15, -0.1) is 0 Å². The highest BCUT2D eigenvalue weighted by molar-refractivity contribution is 6.08. The topological polar surface area (TPSA) is 9.23 Å². The van der Waals surface area contributed by atoms with Crippen molar-refractivity contribution in [1.29, 1.82) is 0 Å². The Hall–Kier alpha value is -0.0151. The zero-order valence-corrected chi connectivity index (χ0v) is 8.09.